The number of anilines is 1. The smallest absolute Gasteiger partial charge is 0.410 e. The highest BCUT2D eigenvalue weighted by Crippen LogP contribution is 2.49. The Morgan fingerprint density at radius 3 is 2.59 bits per heavy atom. The van der Waals surface area contributed by atoms with Crippen molar-refractivity contribution in [3.8, 4) is 0 Å². The Bertz CT molecular complexity index is 738. The summed E-state index contributed by atoms with van der Waals surface area (Å²) in [7, 11) is 1.27. The molecule has 0 bridgehead atoms. The summed E-state index contributed by atoms with van der Waals surface area (Å²) in [5, 5.41) is 3.20. The molecule has 1 aliphatic carbocycles. The fourth-order valence-electron chi connectivity index (χ4n) is 3.94. The van der Waals surface area contributed by atoms with Crippen molar-refractivity contribution >= 4 is 17.7 Å². The van der Waals surface area contributed by atoms with Gasteiger partial charge in [0, 0.05) is 19.1 Å². The van der Waals surface area contributed by atoms with Gasteiger partial charge in [0.2, 0.25) is 0 Å². The quantitative estimate of drug-likeness (QED) is 0.810. The standard InChI is InChI=1S/C20H27FN2O4/c1-19(2,3)27-18(25)23-8-7-20(12-23)10-14(11-20)22-16-6-5-13(9-15(16)21)17(24)26-4/h5-6,9,14,22H,7-8,10-12H2,1-4H3. The lowest BCUT2D eigenvalue weighted by molar-refractivity contribution is 0.0237. The lowest BCUT2D eigenvalue weighted by Gasteiger charge is -2.45. The highest BCUT2D eigenvalue weighted by molar-refractivity contribution is 5.89. The van der Waals surface area contributed by atoms with E-state index in [2.05, 4.69) is 10.1 Å². The number of rotatable bonds is 3. The van der Waals surface area contributed by atoms with Crippen LogP contribution in [0.4, 0.5) is 14.9 Å². The number of methoxy groups -OCH3 is 1. The zero-order valence-electron chi connectivity index (χ0n) is 16.3. The van der Waals surface area contributed by atoms with Crippen molar-refractivity contribution in [2.75, 3.05) is 25.5 Å². The first kappa shape index (κ1) is 19.5. The van der Waals surface area contributed by atoms with Crippen molar-refractivity contribution in [2.45, 2.75) is 51.7 Å². The average Bonchev–Trinajstić information content (AvgIpc) is 2.99. The summed E-state index contributed by atoms with van der Waals surface area (Å²) in [5.74, 6) is -1.03. The largest absolute Gasteiger partial charge is 0.465 e. The highest BCUT2D eigenvalue weighted by Gasteiger charge is 2.50. The number of halogens is 1. The summed E-state index contributed by atoms with van der Waals surface area (Å²) < 4.78 is 24.3. The van der Waals surface area contributed by atoms with Crippen LogP contribution in [0.2, 0.25) is 0 Å². The van der Waals surface area contributed by atoms with Gasteiger partial charge in [-0.15, -0.1) is 0 Å². The molecular formula is C20H27FN2O4. The number of benzene rings is 1. The van der Waals surface area contributed by atoms with E-state index in [0.717, 1.165) is 19.3 Å². The van der Waals surface area contributed by atoms with Crippen molar-refractivity contribution in [3.05, 3.63) is 29.6 Å². The zero-order chi connectivity index (χ0) is 19.8. The minimum absolute atomic E-state index is 0.0943. The van der Waals surface area contributed by atoms with E-state index in [4.69, 9.17) is 4.74 Å². The van der Waals surface area contributed by atoms with Crippen LogP contribution in [0.5, 0.6) is 0 Å². The summed E-state index contributed by atoms with van der Waals surface area (Å²) in [6.07, 6.45) is 2.43. The van der Waals surface area contributed by atoms with E-state index < -0.39 is 17.4 Å². The molecule has 1 saturated carbocycles. The minimum atomic E-state index is -0.559. The van der Waals surface area contributed by atoms with E-state index >= 15 is 0 Å². The van der Waals surface area contributed by atoms with Crippen LogP contribution in [0.1, 0.15) is 50.4 Å². The van der Waals surface area contributed by atoms with Crippen molar-refractivity contribution in [1.82, 2.24) is 4.90 Å². The Balaban J connectivity index is 1.53. The maximum absolute atomic E-state index is 14.2. The molecule has 0 unspecified atom stereocenters. The summed E-state index contributed by atoms with van der Waals surface area (Å²) in [6.45, 7) is 6.97. The summed E-state index contributed by atoms with van der Waals surface area (Å²) in [4.78, 5) is 25.4. The second kappa shape index (κ2) is 7.02. The molecule has 27 heavy (non-hydrogen) atoms. The van der Waals surface area contributed by atoms with Crippen molar-refractivity contribution < 1.29 is 23.5 Å². The van der Waals surface area contributed by atoms with E-state index in [9.17, 15) is 14.0 Å². The number of likely N-dealkylation sites (tertiary alicyclic amines) is 1. The van der Waals surface area contributed by atoms with Gasteiger partial charge in [-0.1, -0.05) is 0 Å². The first-order chi connectivity index (χ1) is 12.6. The number of amides is 1. The Labute approximate surface area is 159 Å². The van der Waals surface area contributed by atoms with Crippen LogP contribution < -0.4 is 5.32 Å². The molecular weight excluding hydrogens is 351 g/mol. The number of nitrogens with one attached hydrogen (secondary N) is 1. The van der Waals surface area contributed by atoms with Crippen LogP contribution in [0.25, 0.3) is 0 Å². The van der Waals surface area contributed by atoms with Gasteiger partial charge in [0.1, 0.15) is 11.4 Å². The second-order valence-electron chi connectivity index (χ2n) is 8.59. The molecule has 1 N–H and O–H groups in total. The van der Waals surface area contributed by atoms with Gasteiger partial charge in [-0.25, -0.2) is 14.0 Å². The van der Waals surface area contributed by atoms with Gasteiger partial charge in [-0.3, -0.25) is 0 Å². The normalized spacial score (nSPS) is 24.5. The third-order valence-electron chi connectivity index (χ3n) is 5.20. The second-order valence-corrected chi connectivity index (χ2v) is 8.59. The Kier molecular flexibility index (Phi) is 5.06. The van der Waals surface area contributed by atoms with Gasteiger partial charge in [-0.05, 0) is 63.6 Å². The van der Waals surface area contributed by atoms with Crippen LogP contribution in [0.15, 0.2) is 18.2 Å². The van der Waals surface area contributed by atoms with E-state index in [1.54, 1.807) is 17.0 Å². The molecule has 2 fully saturated rings. The van der Waals surface area contributed by atoms with Crippen molar-refractivity contribution in [1.29, 1.82) is 0 Å². The molecule has 1 amide bonds. The van der Waals surface area contributed by atoms with Crippen LogP contribution in [0.3, 0.4) is 0 Å². The van der Waals surface area contributed by atoms with Crippen LogP contribution in [0, 0.1) is 11.2 Å². The predicted octanol–water partition coefficient (Wildman–Crippen LogP) is 3.81. The van der Waals surface area contributed by atoms with Crippen LogP contribution >= 0.6 is 0 Å². The van der Waals surface area contributed by atoms with Crippen LogP contribution in [-0.4, -0.2) is 48.8 Å². The number of nitrogens with zero attached hydrogens (tertiary/aromatic N) is 1. The summed E-state index contributed by atoms with van der Waals surface area (Å²) in [6, 6.07) is 4.45. The molecule has 6 nitrogen and oxygen atoms in total. The molecule has 2 aliphatic rings. The van der Waals surface area contributed by atoms with Gasteiger partial charge in [0.05, 0.1) is 18.4 Å². The summed E-state index contributed by atoms with van der Waals surface area (Å²) >= 11 is 0. The predicted molar refractivity (Wildman–Crippen MR) is 99.2 cm³/mol. The average molecular weight is 378 g/mol. The fraction of sp³-hybridized carbons (Fsp3) is 0.600. The molecule has 1 aromatic carbocycles. The third-order valence-corrected chi connectivity index (χ3v) is 5.20. The van der Waals surface area contributed by atoms with Gasteiger partial charge in [0.15, 0.2) is 0 Å². The van der Waals surface area contributed by atoms with Crippen molar-refractivity contribution in [2.24, 2.45) is 5.41 Å². The topological polar surface area (TPSA) is 67.9 Å². The molecule has 148 valence electrons. The Hall–Kier alpha value is -2.31. The molecule has 1 saturated heterocycles. The first-order valence-corrected chi connectivity index (χ1v) is 9.23. The van der Waals surface area contributed by atoms with Crippen molar-refractivity contribution in [3.63, 3.8) is 0 Å². The van der Waals surface area contributed by atoms with Gasteiger partial charge >= 0.3 is 12.1 Å². The molecule has 0 aromatic heterocycles. The lowest BCUT2D eigenvalue weighted by Crippen LogP contribution is -2.47. The summed E-state index contributed by atoms with van der Waals surface area (Å²) in [5.41, 5.74) is 0.167. The molecule has 0 atom stereocenters. The van der Waals surface area contributed by atoms with Gasteiger partial charge in [-0.2, -0.15) is 0 Å². The number of hydrogen-bond acceptors (Lipinski definition) is 5. The highest BCUT2D eigenvalue weighted by atomic mass is 19.1. The number of hydrogen-bond donors (Lipinski definition) is 1. The first-order valence-electron chi connectivity index (χ1n) is 9.23. The maximum atomic E-state index is 14.2. The number of carbonyl (C=O) groups excluding carboxylic acids is 2. The van der Waals surface area contributed by atoms with E-state index in [1.807, 2.05) is 20.8 Å². The van der Waals surface area contributed by atoms with Gasteiger partial charge < -0.3 is 19.7 Å². The Morgan fingerprint density at radius 2 is 2.00 bits per heavy atom. The zero-order valence-corrected chi connectivity index (χ0v) is 16.3. The van der Waals surface area contributed by atoms with E-state index in [0.29, 0.717) is 18.8 Å². The number of ether oxygens (including phenoxy) is 2. The molecule has 0 radical (unpaired) electrons. The third kappa shape index (κ3) is 4.34. The molecule has 1 heterocycles. The lowest BCUT2D eigenvalue weighted by atomic mass is 9.65. The number of carbonyl (C=O) groups is 2. The van der Waals surface area contributed by atoms with E-state index in [1.165, 1.54) is 13.2 Å². The molecule has 7 heteroatoms. The number of esters is 1. The minimum Gasteiger partial charge on any atom is -0.465 e. The molecule has 3 rings (SSSR count). The maximum Gasteiger partial charge on any atom is 0.410 e. The monoisotopic (exact) mass is 378 g/mol. The van der Waals surface area contributed by atoms with Gasteiger partial charge in [0.25, 0.3) is 0 Å². The molecule has 1 aromatic rings. The molecule has 1 aliphatic heterocycles. The van der Waals surface area contributed by atoms with E-state index in [-0.39, 0.29) is 23.1 Å². The fourth-order valence-corrected chi connectivity index (χ4v) is 3.94. The van der Waals surface area contributed by atoms with Crippen LogP contribution in [-0.2, 0) is 9.47 Å². The Morgan fingerprint density at radius 1 is 1.30 bits per heavy atom. The SMILES string of the molecule is COC(=O)c1ccc(NC2CC3(CCN(C(=O)OC(C)(C)C)C3)C2)c(F)c1. The molecule has 1 spiro atoms.